The molecule has 4 atom stereocenters. The molecule has 2 aliphatic heterocycles. The second-order valence-electron chi connectivity index (χ2n) is 4.94. The molecule has 4 unspecified atom stereocenters. The molecule has 2 saturated heterocycles. The number of nitrogens with one attached hydrogen (secondary N) is 2. The minimum atomic E-state index is 0.458. The first kappa shape index (κ1) is 7.34. The lowest BCUT2D eigenvalue weighted by atomic mass is 9.67. The normalized spacial score (nSPS) is 57.2. The summed E-state index contributed by atoms with van der Waals surface area (Å²) in [7, 11) is 0. The van der Waals surface area contributed by atoms with Crippen molar-refractivity contribution in [3.05, 3.63) is 0 Å². The summed E-state index contributed by atoms with van der Waals surface area (Å²) in [5.74, 6) is 1.94. The van der Waals surface area contributed by atoms with E-state index in [9.17, 15) is 0 Å². The van der Waals surface area contributed by atoms with Gasteiger partial charge in [0.1, 0.15) is 0 Å². The van der Waals surface area contributed by atoms with Crippen LogP contribution in [-0.4, -0.2) is 24.7 Å². The van der Waals surface area contributed by atoms with Gasteiger partial charge in [-0.15, -0.1) is 0 Å². The molecule has 0 bridgehead atoms. The van der Waals surface area contributed by atoms with E-state index in [0.29, 0.717) is 5.54 Å². The standard InChI is InChI=1S/C10H18N2/c1-10-8(6-12-10)4-2-3-7-5-11-9(7)10/h7-9,11-12H,2-6H2,1H3. The Labute approximate surface area is 74.1 Å². The van der Waals surface area contributed by atoms with Gasteiger partial charge in [-0.1, -0.05) is 6.42 Å². The predicted octanol–water partition coefficient (Wildman–Crippen LogP) is 0.736. The first-order valence-electron chi connectivity index (χ1n) is 5.29. The van der Waals surface area contributed by atoms with Gasteiger partial charge >= 0.3 is 0 Å². The molecule has 0 aromatic rings. The fourth-order valence-corrected chi connectivity index (χ4v) is 3.33. The molecule has 0 amide bonds. The van der Waals surface area contributed by atoms with Crippen molar-refractivity contribution in [1.82, 2.24) is 10.6 Å². The van der Waals surface area contributed by atoms with Gasteiger partial charge in [-0.25, -0.2) is 0 Å². The largest absolute Gasteiger partial charge is 0.311 e. The molecule has 12 heavy (non-hydrogen) atoms. The van der Waals surface area contributed by atoms with Crippen LogP contribution in [-0.2, 0) is 0 Å². The van der Waals surface area contributed by atoms with Crippen LogP contribution in [0, 0.1) is 11.8 Å². The topological polar surface area (TPSA) is 24.1 Å². The third-order valence-electron chi connectivity index (χ3n) is 4.42. The summed E-state index contributed by atoms with van der Waals surface area (Å²) in [6.45, 7) is 4.95. The van der Waals surface area contributed by atoms with E-state index in [1.165, 1.54) is 32.4 Å². The van der Waals surface area contributed by atoms with Crippen molar-refractivity contribution in [3.63, 3.8) is 0 Å². The highest BCUT2D eigenvalue weighted by molar-refractivity contribution is 5.14. The van der Waals surface area contributed by atoms with Crippen LogP contribution in [0.4, 0.5) is 0 Å². The molecule has 3 fully saturated rings. The van der Waals surface area contributed by atoms with Crippen LogP contribution in [0.15, 0.2) is 0 Å². The van der Waals surface area contributed by atoms with E-state index in [-0.39, 0.29) is 0 Å². The molecule has 3 aliphatic rings. The van der Waals surface area contributed by atoms with E-state index in [0.717, 1.165) is 17.9 Å². The van der Waals surface area contributed by atoms with Gasteiger partial charge in [0.05, 0.1) is 0 Å². The zero-order valence-electron chi connectivity index (χ0n) is 7.77. The lowest BCUT2D eigenvalue weighted by molar-refractivity contribution is 0.0230. The van der Waals surface area contributed by atoms with E-state index in [1.807, 2.05) is 0 Å². The Morgan fingerprint density at radius 2 is 2.17 bits per heavy atom. The summed E-state index contributed by atoms with van der Waals surface area (Å²) in [5, 5.41) is 7.23. The van der Waals surface area contributed by atoms with Gasteiger partial charge in [0.15, 0.2) is 0 Å². The Kier molecular flexibility index (Phi) is 1.37. The molecule has 2 N–H and O–H groups in total. The monoisotopic (exact) mass is 166 g/mol. The SMILES string of the molecule is CC12NCC1CCCC1CNC12. The van der Waals surface area contributed by atoms with Gasteiger partial charge in [-0.05, 0) is 38.1 Å². The molecule has 0 radical (unpaired) electrons. The summed E-state index contributed by atoms with van der Waals surface area (Å²) in [4.78, 5) is 0. The predicted molar refractivity (Wildman–Crippen MR) is 49.0 cm³/mol. The maximum Gasteiger partial charge on any atom is 0.0350 e. The van der Waals surface area contributed by atoms with Crippen LogP contribution >= 0.6 is 0 Å². The van der Waals surface area contributed by atoms with Crippen molar-refractivity contribution >= 4 is 0 Å². The first-order valence-corrected chi connectivity index (χ1v) is 5.29. The van der Waals surface area contributed by atoms with E-state index in [1.54, 1.807) is 0 Å². The molecule has 0 aromatic heterocycles. The number of fused-ring (bicyclic) bond motifs is 3. The van der Waals surface area contributed by atoms with Crippen molar-refractivity contribution in [3.8, 4) is 0 Å². The van der Waals surface area contributed by atoms with Crippen molar-refractivity contribution in [1.29, 1.82) is 0 Å². The van der Waals surface area contributed by atoms with E-state index >= 15 is 0 Å². The Hall–Kier alpha value is -0.0800. The molecule has 1 saturated carbocycles. The molecule has 0 aromatic carbocycles. The van der Waals surface area contributed by atoms with Gasteiger partial charge in [0.25, 0.3) is 0 Å². The molecule has 2 heteroatoms. The average Bonchev–Trinajstić information content (AvgIpc) is 2.03. The fraction of sp³-hybridized carbons (Fsp3) is 1.00. The Bertz CT molecular complexity index is 204. The number of hydrogen-bond donors (Lipinski definition) is 2. The Morgan fingerprint density at radius 1 is 1.25 bits per heavy atom. The third kappa shape index (κ3) is 0.728. The van der Waals surface area contributed by atoms with Crippen LogP contribution < -0.4 is 10.6 Å². The highest BCUT2D eigenvalue weighted by Gasteiger charge is 2.54. The molecule has 3 rings (SSSR count). The van der Waals surface area contributed by atoms with Gasteiger partial charge in [0, 0.05) is 18.1 Å². The highest BCUT2D eigenvalue weighted by Crippen LogP contribution is 2.43. The van der Waals surface area contributed by atoms with Crippen LogP contribution in [0.3, 0.4) is 0 Å². The second-order valence-corrected chi connectivity index (χ2v) is 4.94. The van der Waals surface area contributed by atoms with E-state index in [2.05, 4.69) is 17.6 Å². The number of hydrogen-bond acceptors (Lipinski definition) is 2. The van der Waals surface area contributed by atoms with E-state index < -0.39 is 0 Å². The molecule has 2 nitrogen and oxygen atoms in total. The lowest BCUT2D eigenvalue weighted by Gasteiger charge is -2.57. The van der Waals surface area contributed by atoms with Gasteiger partial charge < -0.3 is 10.6 Å². The lowest BCUT2D eigenvalue weighted by Crippen LogP contribution is -2.77. The number of rotatable bonds is 0. The van der Waals surface area contributed by atoms with Crippen LogP contribution in [0.5, 0.6) is 0 Å². The maximum absolute atomic E-state index is 3.63. The van der Waals surface area contributed by atoms with Gasteiger partial charge in [0.2, 0.25) is 0 Å². The Morgan fingerprint density at radius 3 is 2.75 bits per heavy atom. The van der Waals surface area contributed by atoms with Crippen molar-refractivity contribution in [2.75, 3.05) is 13.1 Å². The highest BCUT2D eigenvalue weighted by atomic mass is 15.2. The Balaban J connectivity index is 1.86. The maximum atomic E-state index is 3.63. The second kappa shape index (κ2) is 2.24. The molecule has 1 aliphatic carbocycles. The molecular formula is C10H18N2. The summed E-state index contributed by atoms with van der Waals surface area (Å²) < 4.78 is 0. The van der Waals surface area contributed by atoms with Crippen LogP contribution in [0.25, 0.3) is 0 Å². The fourth-order valence-electron chi connectivity index (χ4n) is 3.33. The third-order valence-corrected chi connectivity index (χ3v) is 4.42. The molecule has 68 valence electrons. The van der Waals surface area contributed by atoms with Crippen molar-refractivity contribution in [2.24, 2.45) is 11.8 Å². The minimum Gasteiger partial charge on any atom is -0.311 e. The summed E-state index contributed by atoms with van der Waals surface area (Å²) in [5.41, 5.74) is 0.458. The van der Waals surface area contributed by atoms with Crippen molar-refractivity contribution < 1.29 is 0 Å². The first-order chi connectivity index (χ1) is 5.81. The van der Waals surface area contributed by atoms with Crippen LogP contribution in [0.1, 0.15) is 26.2 Å². The summed E-state index contributed by atoms with van der Waals surface area (Å²) in [6, 6.07) is 0.791. The smallest absolute Gasteiger partial charge is 0.0350 e. The zero-order chi connectivity index (χ0) is 8.18. The summed E-state index contributed by atoms with van der Waals surface area (Å²) in [6.07, 6.45) is 4.38. The van der Waals surface area contributed by atoms with E-state index in [4.69, 9.17) is 0 Å². The van der Waals surface area contributed by atoms with Gasteiger partial charge in [-0.2, -0.15) is 0 Å². The molecule has 0 spiro atoms. The molecule has 2 heterocycles. The van der Waals surface area contributed by atoms with Crippen LogP contribution in [0.2, 0.25) is 0 Å². The quantitative estimate of drug-likeness (QED) is 0.554. The minimum absolute atomic E-state index is 0.458. The zero-order valence-corrected chi connectivity index (χ0v) is 7.77. The van der Waals surface area contributed by atoms with Gasteiger partial charge in [-0.3, -0.25) is 0 Å². The summed E-state index contributed by atoms with van der Waals surface area (Å²) >= 11 is 0. The average molecular weight is 166 g/mol. The molecular weight excluding hydrogens is 148 g/mol. The van der Waals surface area contributed by atoms with Crippen molar-refractivity contribution in [2.45, 2.75) is 37.8 Å².